The summed E-state index contributed by atoms with van der Waals surface area (Å²) in [7, 11) is 0. The molecule has 6 rings (SSSR count). The van der Waals surface area contributed by atoms with E-state index in [4.69, 9.17) is 0 Å². The van der Waals surface area contributed by atoms with Crippen LogP contribution in [0, 0.1) is 11.8 Å². The average molecular weight is 550 g/mol. The molecule has 1 N–H and O–H groups in total. The highest BCUT2D eigenvalue weighted by Gasteiger charge is 2.26. The fraction of sp³-hybridized carbons (Fsp3) is 0.265. The van der Waals surface area contributed by atoms with Crippen LogP contribution in [0.2, 0.25) is 0 Å². The van der Waals surface area contributed by atoms with Gasteiger partial charge in [0.2, 0.25) is 0 Å². The number of pyridine rings is 1. The number of halogens is 1. The normalized spacial score (nSPS) is 25.4. The van der Waals surface area contributed by atoms with Crippen LogP contribution < -0.4 is 5.32 Å². The van der Waals surface area contributed by atoms with Gasteiger partial charge in [-0.2, -0.15) is 0 Å². The first-order chi connectivity index (χ1) is 18.2. The highest BCUT2D eigenvalue weighted by atomic mass is 79.9. The van der Waals surface area contributed by atoms with E-state index in [-0.39, 0.29) is 0 Å². The standard InChI is InChI=1S/C34H33BrN2/c35-34-13-3-10-28(21-34)33-19-31(26-8-1-6-24(16-26)29-11-4-14-36-22-29)18-32(20-33)27-9-2-7-25(17-27)30-12-5-15-37-23-30/h1,4-6,8-9,11-15,17-19,21-22,26,32,37H,2-3,7,10,16,20,23H2. The number of dihydropyridines is 1. The molecule has 0 radical (unpaired) electrons. The molecule has 0 fully saturated rings. The maximum absolute atomic E-state index is 4.36. The van der Waals surface area contributed by atoms with E-state index in [1.807, 2.05) is 24.7 Å². The second kappa shape index (κ2) is 11.1. The number of aromatic nitrogens is 1. The van der Waals surface area contributed by atoms with Gasteiger partial charge in [0, 0.05) is 35.3 Å². The zero-order valence-corrected chi connectivity index (χ0v) is 22.8. The minimum atomic E-state index is 0.379. The van der Waals surface area contributed by atoms with Crippen LogP contribution in [0.5, 0.6) is 0 Å². The summed E-state index contributed by atoms with van der Waals surface area (Å²) in [6.45, 7) is 0.927. The average Bonchev–Trinajstić information content (AvgIpc) is 2.98. The van der Waals surface area contributed by atoms with Gasteiger partial charge < -0.3 is 5.32 Å². The van der Waals surface area contributed by atoms with Crippen LogP contribution in [0.3, 0.4) is 0 Å². The quantitative estimate of drug-likeness (QED) is 0.398. The van der Waals surface area contributed by atoms with Crippen molar-refractivity contribution in [2.24, 2.45) is 11.8 Å². The number of nitrogens with one attached hydrogen (secondary N) is 1. The van der Waals surface area contributed by atoms with Crippen LogP contribution in [-0.4, -0.2) is 11.5 Å². The molecule has 2 atom stereocenters. The topological polar surface area (TPSA) is 24.9 Å². The Bertz CT molecular complexity index is 1370. The first-order valence-corrected chi connectivity index (χ1v) is 14.3. The first-order valence-electron chi connectivity index (χ1n) is 13.5. The van der Waals surface area contributed by atoms with Crippen LogP contribution >= 0.6 is 15.9 Å². The zero-order chi connectivity index (χ0) is 25.0. The highest BCUT2D eigenvalue weighted by Crippen LogP contribution is 2.42. The van der Waals surface area contributed by atoms with Gasteiger partial charge >= 0.3 is 0 Å². The third-order valence-electron chi connectivity index (χ3n) is 7.97. The third-order valence-corrected chi connectivity index (χ3v) is 8.52. The Hall–Kier alpha value is -3.17. The Morgan fingerprint density at radius 3 is 2.43 bits per heavy atom. The predicted molar refractivity (Wildman–Crippen MR) is 159 cm³/mol. The Morgan fingerprint density at radius 1 is 0.811 bits per heavy atom. The minimum absolute atomic E-state index is 0.379. The molecule has 1 aromatic rings. The molecule has 1 aliphatic heterocycles. The van der Waals surface area contributed by atoms with Gasteiger partial charge in [-0.15, -0.1) is 0 Å². The van der Waals surface area contributed by atoms with E-state index < -0.39 is 0 Å². The van der Waals surface area contributed by atoms with Crippen molar-refractivity contribution in [3.05, 3.63) is 141 Å². The van der Waals surface area contributed by atoms with Gasteiger partial charge in [-0.3, -0.25) is 4.98 Å². The molecule has 186 valence electrons. The predicted octanol–water partition coefficient (Wildman–Crippen LogP) is 8.60. The fourth-order valence-corrected chi connectivity index (χ4v) is 6.52. The number of rotatable bonds is 5. The van der Waals surface area contributed by atoms with Crippen LogP contribution in [0.1, 0.15) is 44.1 Å². The van der Waals surface area contributed by atoms with Crippen molar-refractivity contribution >= 4 is 21.5 Å². The molecule has 1 aromatic heterocycles. The lowest BCUT2D eigenvalue weighted by Crippen LogP contribution is -2.17. The zero-order valence-electron chi connectivity index (χ0n) is 21.2. The molecule has 0 bridgehead atoms. The van der Waals surface area contributed by atoms with Crippen molar-refractivity contribution in [3.8, 4) is 0 Å². The van der Waals surface area contributed by atoms with Gasteiger partial charge in [-0.1, -0.05) is 76.7 Å². The second-order valence-corrected chi connectivity index (χ2v) is 11.3. The van der Waals surface area contributed by atoms with Crippen LogP contribution in [-0.2, 0) is 0 Å². The number of nitrogens with zero attached hydrogens (tertiary/aromatic N) is 1. The Balaban J connectivity index is 1.33. The fourth-order valence-electron chi connectivity index (χ4n) is 6.01. The second-order valence-electron chi connectivity index (χ2n) is 10.4. The molecule has 4 aliphatic carbocycles. The van der Waals surface area contributed by atoms with Crippen LogP contribution in [0.15, 0.2) is 135 Å². The van der Waals surface area contributed by atoms with Gasteiger partial charge in [0.15, 0.2) is 0 Å². The summed E-state index contributed by atoms with van der Waals surface area (Å²) < 4.78 is 1.21. The SMILES string of the molecule is BrC1=CCCC(C2=CC(C3C=CC=C(c4cccnc4)C3)=CC(C3=CCCC(C4=CC=CNC4)=C3)C2)=C1. The summed E-state index contributed by atoms with van der Waals surface area (Å²) in [5.74, 6) is 0.786. The molecule has 5 aliphatic rings. The van der Waals surface area contributed by atoms with E-state index in [2.05, 4.69) is 99.1 Å². The van der Waals surface area contributed by atoms with Crippen molar-refractivity contribution in [1.29, 1.82) is 0 Å². The molecule has 3 heteroatoms. The Morgan fingerprint density at radius 2 is 1.62 bits per heavy atom. The lowest BCUT2D eigenvalue weighted by molar-refractivity contribution is 0.691. The minimum Gasteiger partial charge on any atom is -0.387 e. The molecule has 2 unspecified atom stereocenters. The molecule has 0 amide bonds. The molecular weight excluding hydrogens is 516 g/mol. The molecule has 0 saturated carbocycles. The van der Waals surface area contributed by atoms with Crippen molar-refractivity contribution in [2.45, 2.75) is 38.5 Å². The van der Waals surface area contributed by atoms with Gasteiger partial charge in [-0.05, 0) is 108 Å². The molecule has 2 heterocycles. The van der Waals surface area contributed by atoms with Gasteiger partial charge in [-0.25, -0.2) is 0 Å². The smallest absolute Gasteiger partial charge is 0.0398 e. The Kier molecular flexibility index (Phi) is 7.23. The Labute approximate surface area is 229 Å². The van der Waals surface area contributed by atoms with Crippen molar-refractivity contribution in [3.63, 3.8) is 0 Å². The lowest BCUT2D eigenvalue weighted by atomic mass is 9.74. The largest absolute Gasteiger partial charge is 0.387 e. The van der Waals surface area contributed by atoms with E-state index in [9.17, 15) is 0 Å². The van der Waals surface area contributed by atoms with Crippen LogP contribution in [0.25, 0.3) is 5.57 Å². The summed E-state index contributed by atoms with van der Waals surface area (Å²) in [4.78, 5) is 4.36. The summed E-state index contributed by atoms with van der Waals surface area (Å²) in [6, 6.07) is 4.21. The van der Waals surface area contributed by atoms with Gasteiger partial charge in [0.05, 0.1) is 0 Å². The van der Waals surface area contributed by atoms with Gasteiger partial charge in [0.1, 0.15) is 0 Å². The summed E-state index contributed by atoms with van der Waals surface area (Å²) in [5, 5.41) is 3.38. The molecular formula is C34H33BrN2. The molecule has 0 saturated heterocycles. The summed E-state index contributed by atoms with van der Waals surface area (Å²) >= 11 is 3.74. The maximum Gasteiger partial charge on any atom is 0.0398 e. The van der Waals surface area contributed by atoms with E-state index in [1.165, 1.54) is 49.1 Å². The highest BCUT2D eigenvalue weighted by molar-refractivity contribution is 9.11. The van der Waals surface area contributed by atoms with Crippen molar-refractivity contribution in [2.75, 3.05) is 6.54 Å². The molecule has 0 spiro atoms. The molecule has 2 nitrogen and oxygen atoms in total. The number of hydrogen-bond donors (Lipinski definition) is 1. The van der Waals surface area contributed by atoms with E-state index in [0.29, 0.717) is 11.8 Å². The lowest BCUT2D eigenvalue weighted by Gasteiger charge is -2.30. The number of allylic oxidation sites excluding steroid dienone is 17. The van der Waals surface area contributed by atoms with E-state index in [1.54, 1.807) is 0 Å². The summed E-state index contributed by atoms with van der Waals surface area (Å²) in [5.41, 5.74) is 11.4. The first kappa shape index (κ1) is 24.2. The third kappa shape index (κ3) is 5.57. The van der Waals surface area contributed by atoms with Gasteiger partial charge in [0.25, 0.3) is 0 Å². The van der Waals surface area contributed by atoms with Crippen molar-refractivity contribution in [1.82, 2.24) is 10.3 Å². The summed E-state index contributed by atoms with van der Waals surface area (Å²) in [6.07, 6.45) is 38.4. The number of hydrogen-bond acceptors (Lipinski definition) is 2. The van der Waals surface area contributed by atoms with Crippen LogP contribution in [0.4, 0.5) is 0 Å². The van der Waals surface area contributed by atoms with E-state index in [0.717, 1.165) is 45.1 Å². The maximum atomic E-state index is 4.36. The molecule has 0 aromatic carbocycles. The molecule has 37 heavy (non-hydrogen) atoms. The van der Waals surface area contributed by atoms with Crippen molar-refractivity contribution < 1.29 is 0 Å². The van der Waals surface area contributed by atoms with E-state index >= 15 is 0 Å². The monoisotopic (exact) mass is 548 g/mol.